The quantitative estimate of drug-likeness (QED) is 0.618. The fourth-order valence-corrected chi connectivity index (χ4v) is 0.818. The van der Waals surface area contributed by atoms with E-state index in [2.05, 4.69) is 22.1 Å². The van der Waals surface area contributed by atoms with E-state index < -0.39 is 0 Å². The smallest absolute Gasteiger partial charge is 0.217 e. The molecule has 4 heteroatoms. The third kappa shape index (κ3) is 3.15. The van der Waals surface area contributed by atoms with Crippen LogP contribution in [-0.4, -0.2) is 17.4 Å². The summed E-state index contributed by atoms with van der Waals surface area (Å²) in [6.07, 6.45) is 3.20. The van der Waals surface area contributed by atoms with E-state index in [0.29, 0.717) is 17.8 Å². The van der Waals surface area contributed by atoms with Gasteiger partial charge in [0.15, 0.2) is 0 Å². The highest BCUT2D eigenvalue weighted by molar-refractivity contribution is 5.73. The summed E-state index contributed by atoms with van der Waals surface area (Å²) in [4.78, 5) is 14.4. The number of nitrogens with one attached hydrogen (secondary N) is 1. The van der Waals surface area contributed by atoms with Crippen LogP contribution in [0.5, 0.6) is 0 Å². The van der Waals surface area contributed by atoms with Crippen molar-refractivity contribution in [3.05, 3.63) is 24.0 Å². The van der Waals surface area contributed by atoms with Gasteiger partial charge in [0, 0.05) is 19.3 Å². The van der Waals surface area contributed by atoms with Crippen molar-refractivity contribution >= 4 is 11.6 Å². The van der Waals surface area contributed by atoms with Crippen molar-refractivity contribution in [2.75, 3.05) is 12.3 Å². The molecule has 1 aromatic rings. The van der Waals surface area contributed by atoms with E-state index in [1.54, 1.807) is 18.5 Å². The van der Waals surface area contributed by atoms with Crippen molar-refractivity contribution in [2.45, 2.75) is 6.92 Å². The molecule has 1 rings (SSSR count). The van der Waals surface area contributed by atoms with Crippen LogP contribution in [0.4, 0.5) is 5.69 Å². The number of hydrogen-bond donors (Lipinski definition) is 2. The van der Waals surface area contributed by atoms with E-state index in [0.717, 1.165) is 0 Å². The zero-order valence-electron chi connectivity index (χ0n) is 7.87. The second-order valence-corrected chi connectivity index (χ2v) is 2.67. The molecule has 0 fully saturated rings. The number of nitrogens with zero attached hydrogens (tertiary/aromatic N) is 1. The number of nitrogens with two attached hydrogens (primary N) is 1. The second-order valence-electron chi connectivity index (χ2n) is 2.67. The van der Waals surface area contributed by atoms with Gasteiger partial charge in [-0.1, -0.05) is 11.8 Å². The Morgan fingerprint density at radius 1 is 1.71 bits per heavy atom. The zero-order chi connectivity index (χ0) is 10.4. The number of rotatable bonds is 1. The molecule has 0 bridgehead atoms. The van der Waals surface area contributed by atoms with Crippen LogP contribution in [-0.2, 0) is 4.79 Å². The molecular formula is C10H11N3O. The van der Waals surface area contributed by atoms with Gasteiger partial charge >= 0.3 is 0 Å². The normalized spacial score (nSPS) is 8.64. The Balaban J connectivity index is 2.59. The van der Waals surface area contributed by atoms with Gasteiger partial charge in [0.1, 0.15) is 0 Å². The van der Waals surface area contributed by atoms with Crippen LogP contribution >= 0.6 is 0 Å². The molecule has 0 spiro atoms. The van der Waals surface area contributed by atoms with Crippen molar-refractivity contribution in [3.8, 4) is 11.8 Å². The Morgan fingerprint density at radius 3 is 3.14 bits per heavy atom. The maximum Gasteiger partial charge on any atom is 0.217 e. The van der Waals surface area contributed by atoms with E-state index in [4.69, 9.17) is 5.73 Å². The van der Waals surface area contributed by atoms with Crippen LogP contribution in [0.2, 0.25) is 0 Å². The summed E-state index contributed by atoms with van der Waals surface area (Å²) < 4.78 is 0. The first-order valence-corrected chi connectivity index (χ1v) is 4.13. The minimum atomic E-state index is -0.0986. The summed E-state index contributed by atoms with van der Waals surface area (Å²) in [7, 11) is 0. The summed E-state index contributed by atoms with van der Waals surface area (Å²) in [6, 6.07) is 1.68. The number of hydrogen-bond acceptors (Lipinski definition) is 3. The molecule has 3 N–H and O–H groups in total. The molecule has 1 heterocycles. The summed E-state index contributed by atoms with van der Waals surface area (Å²) in [5.74, 6) is 5.49. The highest BCUT2D eigenvalue weighted by atomic mass is 16.1. The lowest BCUT2D eigenvalue weighted by atomic mass is 10.2. The van der Waals surface area contributed by atoms with Crippen LogP contribution in [0.1, 0.15) is 12.5 Å². The average molecular weight is 189 g/mol. The van der Waals surface area contributed by atoms with Gasteiger partial charge < -0.3 is 11.1 Å². The lowest BCUT2D eigenvalue weighted by Gasteiger charge is -1.95. The van der Waals surface area contributed by atoms with Crippen molar-refractivity contribution < 1.29 is 4.79 Å². The molecule has 0 aliphatic heterocycles. The van der Waals surface area contributed by atoms with Gasteiger partial charge in [-0.2, -0.15) is 0 Å². The van der Waals surface area contributed by atoms with Crippen LogP contribution in [0.3, 0.4) is 0 Å². The van der Waals surface area contributed by atoms with Gasteiger partial charge in [-0.05, 0) is 6.07 Å². The SMILES string of the molecule is CC(=O)NCC#Cc1cnccc1N. The molecule has 0 atom stereocenters. The Bertz CT molecular complexity index is 390. The predicted octanol–water partition coefficient (Wildman–Crippen LogP) is 0.151. The molecule has 0 saturated carbocycles. The van der Waals surface area contributed by atoms with Gasteiger partial charge in [0.2, 0.25) is 5.91 Å². The lowest BCUT2D eigenvalue weighted by molar-refractivity contribution is -0.118. The predicted molar refractivity (Wildman–Crippen MR) is 54.2 cm³/mol. The highest BCUT2D eigenvalue weighted by Gasteiger charge is 1.91. The topological polar surface area (TPSA) is 68.0 Å². The molecule has 0 saturated heterocycles. The number of carbonyl (C=O) groups is 1. The summed E-state index contributed by atoms with van der Waals surface area (Å²) in [5.41, 5.74) is 6.90. The molecule has 0 aliphatic rings. The molecule has 0 aromatic carbocycles. The number of amides is 1. The average Bonchev–Trinajstić information content (AvgIpc) is 2.15. The van der Waals surface area contributed by atoms with Gasteiger partial charge in [-0.3, -0.25) is 9.78 Å². The number of pyridine rings is 1. The first-order valence-electron chi connectivity index (χ1n) is 4.13. The summed E-state index contributed by atoms with van der Waals surface area (Å²) in [5, 5.41) is 2.56. The highest BCUT2D eigenvalue weighted by Crippen LogP contribution is 2.05. The third-order valence-electron chi connectivity index (χ3n) is 1.50. The molecular weight excluding hydrogens is 178 g/mol. The largest absolute Gasteiger partial charge is 0.398 e. The lowest BCUT2D eigenvalue weighted by Crippen LogP contribution is -2.19. The van der Waals surface area contributed by atoms with Crippen molar-refractivity contribution in [2.24, 2.45) is 0 Å². The second kappa shape index (κ2) is 4.87. The monoisotopic (exact) mass is 189 g/mol. The van der Waals surface area contributed by atoms with Crippen molar-refractivity contribution in [1.29, 1.82) is 0 Å². The number of nitrogen functional groups attached to an aromatic ring is 1. The number of carbonyl (C=O) groups excluding carboxylic acids is 1. The van der Waals surface area contributed by atoms with E-state index in [-0.39, 0.29) is 5.91 Å². The van der Waals surface area contributed by atoms with Crippen molar-refractivity contribution in [1.82, 2.24) is 10.3 Å². The first-order chi connectivity index (χ1) is 6.70. The maximum absolute atomic E-state index is 10.5. The Kier molecular flexibility index (Phi) is 3.50. The summed E-state index contributed by atoms with van der Waals surface area (Å²) >= 11 is 0. The number of aromatic nitrogens is 1. The van der Waals surface area contributed by atoms with Crippen LogP contribution in [0.25, 0.3) is 0 Å². The number of anilines is 1. The molecule has 0 aliphatic carbocycles. The minimum Gasteiger partial charge on any atom is -0.398 e. The molecule has 0 radical (unpaired) electrons. The van der Waals surface area contributed by atoms with E-state index >= 15 is 0 Å². The maximum atomic E-state index is 10.5. The summed E-state index contributed by atoms with van der Waals surface area (Å²) in [6.45, 7) is 1.77. The van der Waals surface area contributed by atoms with Gasteiger partial charge in [-0.15, -0.1) is 0 Å². The Labute approximate surface area is 82.5 Å². The molecule has 1 amide bonds. The van der Waals surface area contributed by atoms with Crippen molar-refractivity contribution in [3.63, 3.8) is 0 Å². The van der Waals surface area contributed by atoms with E-state index in [1.165, 1.54) is 6.92 Å². The Morgan fingerprint density at radius 2 is 2.50 bits per heavy atom. The van der Waals surface area contributed by atoms with Crippen LogP contribution < -0.4 is 11.1 Å². The zero-order valence-corrected chi connectivity index (χ0v) is 7.87. The standard InChI is InChI=1S/C10H11N3O/c1-8(14)13-5-2-3-9-7-12-6-4-10(9)11/h4,6-7H,5H2,1H3,(H2,11,12)(H,13,14). The van der Waals surface area contributed by atoms with Crippen LogP contribution in [0, 0.1) is 11.8 Å². The minimum absolute atomic E-state index is 0.0986. The molecule has 4 nitrogen and oxygen atoms in total. The fraction of sp³-hybridized carbons (Fsp3) is 0.200. The van der Waals surface area contributed by atoms with E-state index in [1.807, 2.05) is 0 Å². The Hall–Kier alpha value is -2.02. The molecule has 72 valence electrons. The van der Waals surface area contributed by atoms with Gasteiger partial charge in [0.25, 0.3) is 0 Å². The van der Waals surface area contributed by atoms with Crippen LogP contribution in [0.15, 0.2) is 18.5 Å². The first kappa shape index (κ1) is 10.1. The van der Waals surface area contributed by atoms with E-state index in [9.17, 15) is 4.79 Å². The molecule has 0 unspecified atom stereocenters. The van der Waals surface area contributed by atoms with Gasteiger partial charge in [-0.25, -0.2) is 0 Å². The molecule has 14 heavy (non-hydrogen) atoms. The molecule has 1 aromatic heterocycles. The fourth-order valence-electron chi connectivity index (χ4n) is 0.818. The third-order valence-corrected chi connectivity index (χ3v) is 1.50. The van der Waals surface area contributed by atoms with Gasteiger partial charge in [0.05, 0.1) is 17.8 Å².